The van der Waals surface area contributed by atoms with Crippen LogP contribution in [0.25, 0.3) is 0 Å². The number of allylic oxidation sites excluding steroid dienone is 8. The molecule has 0 radical (unpaired) electrons. The fourth-order valence-corrected chi connectivity index (χ4v) is 9.45. The summed E-state index contributed by atoms with van der Waals surface area (Å²) >= 11 is 0. The third-order valence-corrected chi connectivity index (χ3v) is 14.3. The van der Waals surface area contributed by atoms with Crippen LogP contribution >= 0.6 is 0 Å². The van der Waals surface area contributed by atoms with Gasteiger partial charge in [0.2, 0.25) is 0 Å². The fraction of sp³-hybridized carbons (Fsp3) is 0.836. The van der Waals surface area contributed by atoms with Crippen molar-refractivity contribution in [2.24, 2.45) is 0 Å². The van der Waals surface area contributed by atoms with E-state index in [1.165, 1.54) is 225 Å². The van der Waals surface area contributed by atoms with Gasteiger partial charge in [-0.1, -0.05) is 288 Å². The molecule has 0 saturated carbocycles. The van der Waals surface area contributed by atoms with E-state index in [-0.39, 0.29) is 31.1 Å². The minimum absolute atomic E-state index is 0.0739. The Morgan fingerprint density at radius 2 is 0.493 bits per heavy atom. The molecule has 0 amide bonds. The topological polar surface area (TPSA) is 78.9 Å². The van der Waals surface area contributed by atoms with Crippen molar-refractivity contribution in [3.8, 4) is 0 Å². The maximum atomic E-state index is 12.9. The summed E-state index contributed by atoms with van der Waals surface area (Å²) in [5, 5.41) is 0. The van der Waals surface area contributed by atoms with Crippen molar-refractivity contribution in [3.05, 3.63) is 48.6 Å². The van der Waals surface area contributed by atoms with Gasteiger partial charge in [0.25, 0.3) is 0 Å². The SMILES string of the molecule is CCCCC/C=C\C/C=C\CCCCCCCCCCCC(=O)OC[C@H](COC(=O)CCCCCCCCCCCCCCCCCCCCC)OC(=O)CCCCCCCCC/C=C\C/C=C\CCCCC. The third-order valence-electron chi connectivity index (χ3n) is 14.3. The molecule has 1 atom stereocenters. The van der Waals surface area contributed by atoms with Gasteiger partial charge in [0.15, 0.2) is 6.10 Å². The van der Waals surface area contributed by atoms with Gasteiger partial charge in [-0.25, -0.2) is 0 Å². The summed E-state index contributed by atoms with van der Waals surface area (Å²) < 4.78 is 16.9. The average molecular weight is 1020 g/mol. The van der Waals surface area contributed by atoms with E-state index in [9.17, 15) is 14.4 Å². The van der Waals surface area contributed by atoms with Crippen LogP contribution in [0.1, 0.15) is 342 Å². The fourth-order valence-electron chi connectivity index (χ4n) is 9.45. The second-order valence-corrected chi connectivity index (χ2v) is 21.7. The van der Waals surface area contributed by atoms with E-state index in [1.54, 1.807) is 0 Å². The highest BCUT2D eigenvalue weighted by Gasteiger charge is 2.19. The number of ether oxygens (including phenoxy) is 3. The lowest BCUT2D eigenvalue weighted by Gasteiger charge is -2.18. The van der Waals surface area contributed by atoms with Gasteiger partial charge in [0, 0.05) is 19.3 Å². The minimum atomic E-state index is -0.778. The molecular formula is C67H122O6. The molecule has 0 aliphatic rings. The molecule has 6 heteroatoms. The van der Waals surface area contributed by atoms with E-state index in [0.717, 1.165) is 77.0 Å². The monoisotopic (exact) mass is 1020 g/mol. The van der Waals surface area contributed by atoms with Crippen molar-refractivity contribution in [3.63, 3.8) is 0 Å². The van der Waals surface area contributed by atoms with E-state index in [0.29, 0.717) is 19.3 Å². The van der Waals surface area contributed by atoms with Crippen LogP contribution in [0, 0.1) is 0 Å². The number of hydrogen-bond acceptors (Lipinski definition) is 6. The number of hydrogen-bond donors (Lipinski definition) is 0. The van der Waals surface area contributed by atoms with E-state index in [4.69, 9.17) is 14.2 Å². The lowest BCUT2D eigenvalue weighted by molar-refractivity contribution is -0.167. The number of carbonyl (C=O) groups is 3. The van der Waals surface area contributed by atoms with Gasteiger partial charge in [-0.05, 0) is 83.5 Å². The Morgan fingerprint density at radius 1 is 0.274 bits per heavy atom. The van der Waals surface area contributed by atoms with E-state index in [2.05, 4.69) is 69.4 Å². The summed E-state index contributed by atoms with van der Waals surface area (Å²) in [6.07, 6.45) is 76.8. The van der Waals surface area contributed by atoms with Crippen LogP contribution in [-0.2, 0) is 28.6 Å². The normalized spacial score (nSPS) is 12.3. The molecule has 0 bridgehead atoms. The predicted octanol–water partition coefficient (Wildman–Crippen LogP) is 21.8. The molecule has 0 saturated heterocycles. The molecule has 426 valence electrons. The molecule has 0 aromatic heterocycles. The van der Waals surface area contributed by atoms with Gasteiger partial charge in [-0.2, -0.15) is 0 Å². The van der Waals surface area contributed by atoms with Crippen LogP contribution in [0.2, 0.25) is 0 Å². The maximum absolute atomic E-state index is 12.9. The third kappa shape index (κ3) is 60.1. The summed E-state index contributed by atoms with van der Waals surface area (Å²) in [6.45, 7) is 6.64. The van der Waals surface area contributed by atoms with Crippen molar-refractivity contribution in [1.29, 1.82) is 0 Å². The van der Waals surface area contributed by atoms with E-state index < -0.39 is 6.10 Å². The van der Waals surface area contributed by atoms with Crippen LogP contribution in [0.3, 0.4) is 0 Å². The summed E-state index contributed by atoms with van der Waals surface area (Å²) in [5.74, 6) is -0.864. The minimum Gasteiger partial charge on any atom is -0.462 e. The standard InChI is InChI=1S/C67H122O6/c1-4-7-10-13-16-19-22-25-28-31-33-36-38-41-44-47-50-53-56-59-65(68)71-62-64(73-67(70)61-58-55-52-49-46-43-40-35-30-27-24-21-18-15-12-9-6-3)63-72-66(69)60-57-54-51-48-45-42-39-37-34-32-29-26-23-20-17-14-11-8-5-2/h16,18-19,21,25,27-28,30,64H,4-15,17,20,22-24,26,29,31-63H2,1-3H3/b19-16-,21-18-,28-25-,30-27-/t64-/m1/s1. The molecule has 0 heterocycles. The Balaban J connectivity index is 4.35. The smallest absolute Gasteiger partial charge is 0.306 e. The van der Waals surface area contributed by atoms with Gasteiger partial charge in [-0.3, -0.25) is 14.4 Å². The van der Waals surface area contributed by atoms with Crippen molar-refractivity contribution in [2.75, 3.05) is 13.2 Å². The molecular weight excluding hydrogens is 901 g/mol. The van der Waals surface area contributed by atoms with Crippen molar-refractivity contribution in [2.45, 2.75) is 348 Å². The highest BCUT2D eigenvalue weighted by atomic mass is 16.6. The molecule has 0 unspecified atom stereocenters. The van der Waals surface area contributed by atoms with Gasteiger partial charge in [0.1, 0.15) is 13.2 Å². The van der Waals surface area contributed by atoms with Gasteiger partial charge in [0.05, 0.1) is 0 Å². The Kier molecular flexibility index (Phi) is 59.7. The lowest BCUT2D eigenvalue weighted by atomic mass is 10.0. The Labute approximate surface area is 454 Å². The molecule has 0 aromatic carbocycles. The highest BCUT2D eigenvalue weighted by molar-refractivity contribution is 5.71. The van der Waals surface area contributed by atoms with Crippen molar-refractivity contribution < 1.29 is 28.6 Å². The number of rotatable bonds is 59. The zero-order valence-corrected chi connectivity index (χ0v) is 48.9. The second kappa shape index (κ2) is 61.9. The van der Waals surface area contributed by atoms with Crippen LogP contribution in [-0.4, -0.2) is 37.2 Å². The van der Waals surface area contributed by atoms with Gasteiger partial charge in [-0.15, -0.1) is 0 Å². The molecule has 0 rings (SSSR count). The van der Waals surface area contributed by atoms with E-state index in [1.807, 2.05) is 0 Å². The number of carbonyl (C=O) groups excluding carboxylic acids is 3. The lowest BCUT2D eigenvalue weighted by Crippen LogP contribution is -2.30. The Bertz CT molecular complexity index is 1270. The largest absolute Gasteiger partial charge is 0.462 e. The summed E-state index contributed by atoms with van der Waals surface area (Å²) in [7, 11) is 0. The Hall–Kier alpha value is -2.63. The molecule has 0 aliphatic carbocycles. The highest BCUT2D eigenvalue weighted by Crippen LogP contribution is 2.17. The first-order chi connectivity index (χ1) is 36.0. The van der Waals surface area contributed by atoms with Crippen LogP contribution in [0.15, 0.2) is 48.6 Å². The number of unbranched alkanes of at least 4 members (excludes halogenated alkanes) is 40. The van der Waals surface area contributed by atoms with Crippen molar-refractivity contribution in [1.82, 2.24) is 0 Å². The van der Waals surface area contributed by atoms with Crippen LogP contribution in [0.4, 0.5) is 0 Å². The molecule has 0 aromatic rings. The van der Waals surface area contributed by atoms with Crippen molar-refractivity contribution >= 4 is 17.9 Å². The molecule has 0 fully saturated rings. The first kappa shape index (κ1) is 70.4. The Morgan fingerprint density at radius 3 is 0.781 bits per heavy atom. The molecule has 0 spiro atoms. The maximum Gasteiger partial charge on any atom is 0.306 e. The quantitative estimate of drug-likeness (QED) is 0.0261. The summed E-state index contributed by atoms with van der Waals surface area (Å²) in [5.41, 5.74) is 0. The first-order valence-electron chi connectivity index (χ1n) is 32.1. The van der Waals surface area contributed by atoms with E-state index >= 15 is 0 Å². The number of esters is 3. The van der Waals surface area contributed by atoms with Gasteiger partial charge < -0.3 is 14.2 Å². The van der Waals surface area contributed by atoms with Crippen LogP contribution < -0.4 is 0 Å². The predicted molar refractivity (Wildman–Crippen MR) is 316 cm³/mol. The van der Waals surface area contributed by atoms with Gasteiger partial charge >= 0.3 is 17.9 Å². The average Bonchev–Trinajstić information content (AvgIpc) is 3.39. The summed E-state index contributed by atoms with van der Waals surface area (Å²) in [6, 6.07) is 0. The molecule has 73 heavy (non-hydrogen) atoms. The summed E-state index contributed by atoms with van der Waals surface area (Å²) in [4.78, 5) is 38.3. The zero-order chi connectivity index (χ0) is 52.9. The zero-order valence-electron chi connectivity index (χ0n) is 48.9. The first-order valence-corrected chi connectivity index (χ1v) is 32.1. The molecule has 6 nitrogen and oxygen atoms in total. The molecule has 0 aliphatic heterocycles. The molecule has 0 N–H and O–H groups in total. The second-order valence-electron chi connectivity index (χ2n) is 21.7. The van der Waals surface area contributed by atoms with Crippen LogP contribution in [0.5, 0.6) is 0 Å².